The Labute approximate surface area is 149 Å². The molecule has 0 atom stereocenters. The van der Waals surface area contributed by atoms with E-state index in [0.29, 0.717) is 29.8 Å². The summed E-state index contributed by atoms with van der Waals surface area (Å²) in [6.45, 7) is 4.41. The van der Waals surface area contributed by atoms with E-state index in [1.165, 1.54) is 0 Å². The molecule has 0 fully saturated rings. The lowest BCUT2D eigenvalue weighted by Crippen LogP contribution is -2.25. The van der Waals surface area contributed by atoms with Crippen LogP contribution in [0.15, 0.2) is 30.8 Å². The van der Waals surface area contributed by atoms with Crippen molar-refractivity contribution in [2.24, 2.45) is 0 Å². The van der Waals surface area contributed by atoms with Crippen LogP contribution in [0.2, 0.25) is 0 Å². The Morgan fingerprint density at radius 3 is 2.40 bits per heavy atom. The molecule has 0 aromatic heterocycles. The average molecular weight is 390 g/mol. The number of rotatable bonds is 11. The number of hydrogen-bond donors (Lipinski definition) is 4. The summed E-state index contributed by atoms with van der Waals surface area (Å²) in [5.74, 6) is -0.632. The van der Waals surface area contributed by atoms with Gasteiger partial charge in [-0.2, -0.15) is 8.42 Å². The third-order valence-corrected chi connectivity index (χ3v) is 4.68. The Balaban J connectivity index is 2.52. The highest BCUT2D eigenvalue weighted by Gasteiger charge is 2.08. The molecule has 0 aliphatic heterocycles. The minimum Gasteiger partial charge on any atom is -0.385 e. The molecule has 140 valence electrons. The van der Waals surface area contributed by atoms with E-state index >= 15 is 0 Å². The normalized spacial score (nSPS) is 11.3. The van der Waals surface area contributed by atoms with Gasteiger partial charge in [-0.25, -0.2) is 8.42 Å². The van der Waals surface area contributed by atoms with Crippen LogP contribution >= 0.6 is 0 Å². The molecule has 0 unspecified atom stereocenters. The van der Waals surface area contributed by atoms with E-state index in [1.54, 1.807) is 24.3 Å². The summed E-state index contributed by atoms with van der Waals surface area (Å²) in [5, 5.41) is 5.57. The number of carbonyl (C=O) groups excluding carboxylic acids is 1. The first-order valence-electron chi connectivity index (χ1n) is 7.57. The van der Waals surface area contributed by atoms with Crippen molar-refractivity contribution in [1.82, 2.24) is 10.6 Å². The lowest BCUT2D eigenvalue weighted by Gasteiger charge is -2.11. The molecule has 10 heteroatoms. The fourth-order valence-electron chi connectivity index (χ4n) is 1.96. The fraction of sp³-hybridized carbons (Fsp3) is 0.400. The lowest BCUT2D eigenvalue weighted by molar-refractivity contribution is 0.0953. The van der Waals surface area contributed by atoms with E-state index in [1.807, 2.05) is 0 Å². The summed E-state index contributed by atoms with van der Waals surface area (Å²) in [6, 6.07) is 6.68. The van der Waals surface area contributed by atoms with Gasteiger partial charge in [-0.05, 0) is 30.5 Å². The number of nitrogens with one attached hydrogen (secondary N) is 2. The van der Waals surface area contributed by atoms with Crippen molar-refractivity contribution in [2.45, 2.75) is 12.8 Å². The molecule has 0 heterocycles. The Kier molecular flexibility index (Phi) is 8.59. The predicted octanol–water partition coefficient (Wildman–Crippen LogP) is 0.256. The highest BCUT2D eigenvalue weighted by molar-refractivity contribution is 7.85. The van der Waals surface area contributed by atoms with Crippen molar-refractivity contribution in [3.05, 3.63) is 42.0 Å². The van der Waals surface area contributed by atoms with E-state index in [4.69, 9.17) is 4.55 Å². The third-order valence-electron chi connectivity index (χ3n) is 3.19. The monoisotopic (exact) mass is 390 g/mol. The summed E-state index contributed by atoms with van der Waals surface area (Å²) in [7, 11) is -6.42. The van der Waals surface area contributed by atoms with Gasteiger partial charge in [0.2, 0.25) is 0 Å². The van der Waals surface area contributed by atoms with Gasteiger partial charge in [0.25, 0.3) is 16.0 Å². The molecule has 1 aromatic carbocycles. The van der Waals surface area contributed by atoms with Gasteiger partial charge in [-0.15, -0.1) is 0 Å². The van der Waals surface area contributed by atoms with Crippen LogP contribution in [0.25, 0.3) is 5.70 Å². The molecule has 8 nitrogen and oxygen atoms in total. The van der Waals surface area contributed by atoms with E-state index in [0.717, 1.165) is 0 Å². The van der Waals surface area contributed by atoms with Crippen LogP contribution in [0, 0.1) is 0 Å². The zero-order valence-corrected chi connectivity index (χ0v) is 15.3. The van der Waals surface area contributed by atoms with Crippen LogP contribution in [0.4, 0.5) is 0 Å². The van der Waals surface area contributed by atoms with Gasteiger partial charge in [-0.1, -0.05) is 18.7 Å². The molecule has 0 spiro atoms. The maximum absolute atomic E-state index is 12.0. The molecule has 1 amide bonds. The van der Waals surface area contributed by atoms with E-state index in [-0.39, 0.29) is 30.4 Å². The highest BCUT2D eigenvalue weighted by atomic mass is 32.2. The SMILES string of the molecule is C=C(NCCCS(=O)(=O)O)c1cccc(C(=O)NCCC[SH](=O)=O)c1. The topological polar surface area (TPSA) is 130 Å². The molecule has 0 aliphatic carbocycles. The molecular weight excluding hydrogens is 368 g/mol. The van der Waals surface area contributed by atoms with Crippen molar-refractivity contribution in [2.75, 3.05) is 24.6 Å². The largest absolute Gasteiger partial charge is 0.385 e. The number of thiol groups is 1. The Bertz CT molecular complexity index is 779. The zero-order chi connectivity index (χ0) is 18.9. The van der Waals surface area contributed by atoms with Crippen molar-refractivity contribution in [3.63, 3.8) is 0 Å². The van der Waals surface area contributed by atoms with Crippen molar-refractivity contribution < 1.29 is 26.2 Å². The molecular formula is C15H22N2O6S2. The first-order chi connectivity index (χ1) is 11.7. The fourth-order valence-corrected chi connectivity index (χ4v) is 2.88. The summed E-state index contributed by atoms with van der Waals surface area (Å²) in [5.41, 5.74) is 1.60. The standard InChI is InChI=1S/C15H22N2O6S2/c1-12(16-8-4-10-25(21,22)23)13-5-2-6-14(11-13)15(18)17-7-3-9-24(19)20/h2,5-6,11,16,24H,1,3-4,7-10H2,(H,17,18)(H,21,22,23). The van der Waals surface area contributed by atoms with Gasteiger partial charge >= 0.3 is 0 Å². The van der Waals surface area contributed by atoms with E-state index in [9.17, 15) is 21.6 Å². The van der Waals surface area contributed by atoms with Gasteiger partial charge in [0.05, 0.1) is 5.75 Å². The van der Waals surface area contributed by atoms with Gasteiger partial charge < -0.3 is 10.6 Å². The second kappa shape index (κ2) is 10.2. The molecule has 0 radical (unpaired) electrons. The minimum atomic E-state index is -3.98. The number of benzene rings is 1. The predicted molar refractivity (Wildman–Crippen MR) is 96.6 cm³/mol. The number of carbonyl (C=O) groups is 1. The van der Waals surface area contributed by atoms with Crippen molar-refractivity contribution >= 4 is 32.4 Å². The minimum absolute atomic E-state index is 0.0277. The molecule has 0 bridgehead atoms. The Morgan fingerprint density at radius 1 is 1.12 bits per heavy atom. The van der Waals surface area contributed by atoms with Crippen molar-refractivity contribution in [1.29, 1.82) is 0 Å². The van der Waals surface area contributed by atoms with Gasteiger partial charge in [-0.3, -0.25) is 9.35 Å². The van der Waals surface area contributed by atoms with Gasteiger partial charge in [0.15, 0.2) is 0 Å². The first-order valence-corrected chi connectivity index (χ1v) is 10.5. The molecule has 1 rings (SSSR count). The number of hydrogen-bond acceptors (Lipinski definition) is 6. The maximum Gasteiger partial charge on any atom is 0.264 e. The smallest absolute Gasteiger partial charge is 0.264 e. The molecule has 0 saturated carbocycles. The van der Waals surface area contributed by atoms with Crippen LogP contribution in [0.3, 0.4) is 0 Å². The van der Waals surface area contributed by atoms with Crippen molar-refractivity contribution in [3.8, 4) is 0 Å². The molecule has 3 N–H and O–H groups in total. The Hall–Kier alpha value is -1.91. The summed E-state index contributed by atoms with van der Waals surface area (Å²) < 4.78 is 50.9. The van der Waals surface area contributed by atoms with Gasteiger partial charge in [0, 0.05) is 30.1 Å². The highest BCUT2D eigenvalue weighted by Crippen LogP contribution is 2.12. The van der Waals surface area contributed by atoms with Crippen LogP contribution < -0.4 is 10.6 Å². The van der Waals surface area contributed by atoms with Crippen LogP contribution in [-0.2, 0) is 20.8 Å². The second-order valence-corrected chi connectivity index (χ2v) is 7.98. The molecule has 0 aliphatic rings. The molecule has 1 aromatic rings. The first kappa shape index (κ1) is 21.1. The summed E-state index contributed by atoms with van der Waals surface area (Å²) in [4.78, 5) is 12.0. The van der Waals surface area contributed by atoms with Gasteiger partial charge in [0.1, 0.15) is 10.7 Å². The maximum atomic E-state index is 12.0. The van der Waals surface area contributed by atoms with Crippen LogP contribution in [0.5, 0.6) is 0 Å². The van der Waals surface area contributed by atoms with E-state index in [2.05, 4.69) is 17.2 Å². The molecule has 25 heavy (non-hydrogen) atoms. The Morgan fingerprint density at radius 2 is 1.76 bits per heavy atom. The van der Waals surface area contributed by atoms with E-state index < -0.39 is 20.8 Å². The number of amides is 1. The van der Waals surface area contributed by atoms with Crippen LogP contribution in [0.1, 0.15) is 28.8 Å². The quantitative estimate of drug-likeness (QED) is 0.242. The van der Waals surface area contributed by atoms with Crippen LogP contribution in [-0.4, -0.2) is 51.9 Å². The lowest BCUT2D eigenvalue weighted by atomic mass is 10.1. The zero-order valence-electron chi connectivity index (χ0n) is 13.6. The molecule has 0 saturated heterocycles. The average Bonchev–Trinajstić information content (AvgIpc) is 2.54. The second-order valence-electron chi connectivity index (χ2n) is 5.29. The summed E-state index contributed by atoms with van der Waals surface area (Å²) in [6.07, 6.45) is 0.576. The third kappa shape index (κ3) is 9.22. The summed E-state index contributed by atoms with van der Waals surface area (Å²) >= 11 is 0.